The lowest BCUT2D eigenvalue weighted by atomic mass is 10.2. The van der Waals surface area contributed by atoms with Gasteiger partial charge in [0, 0.05) is 0 Å². The molecular weight excluding hydrogens is 311 g/mol. The largest absolute Gasteiger partial charge is 0.481 e. The summed E-state index contributed by atoms with van der Waals surface area (Å²) in [5, 5.41) is 21.9. The second kappa shape index (κ2) is 6.97. The number of carboxylic acids is 2. The molecule has 0 aliphatic heterocycles. The highest BCUT2D eigenvalue weighted by Crippen LogP contribution is 2.29. The molecule has 0 spiro atoms. The zero-order valence-corrected chi connectivity index (χ0v) is 11.4. The molecule has 1 rings (SSSR count). The van der Waals surface area contributed by atoms with Crippen LogP contribution in [0.4, 0.5) is 10.5 Å². The Labute approximate surface area is 123 Å². The van der Waals surface area contributed by atoms with Crippen molar-refractivity contribution in [2.24, 2.45) is 0 Å². The predicted molar refractivity (Wildman–Crippen MR) is 72.3 cm³/mol. The number of halogens is 2. The Morgan fingerprint density at radius 2 is 1.85 bits per heavy atom. The predicted octanol–water partition coefficient (Wildman–Crippen LogP) is 2.04. The number of hydrogen-bond acceptors (Lipinski definition) is 3. The van der Waals surface area contributed by atoms with Crippen molar-refractivity contribution in [3.05, 3.63) is 28.2 Å². The maximum atomic E-state index is 11.6. The minimum atomic E-state index is -1.55. The van der Waals surface area contributed by atoms with Crippen LogP contribution in [0.5, 0.6) is 0 Å². The van der Waals surface area contributed by atoms with Gasteiger partial charge in [0.2, 0.25) is 0 Å². The van der Waals surface area contributed by atoms with Crippen LogP contribution in [0.1, 0.15) is 6.42 Å². The van der Waals surface area contributed by atoms with Gasteiger partial charge in [-0.05, 0) is 12.1 Å². The Balaban J connectivity index is 2.73. The Kier molecular flexibility index (Phi) is 5.60. The lowest BCUT2D eigenvalue weighted by molar-refractivity contribution is -0.145. The second-order valence-electron chi connectivity index (χ2n) is 3.69. The fourth-order valence-electron chi connectivity index (χ4n) is 1.29. The van der Waals surface area contributed by atoms with Gasteiger partial charge < -0.3 is 20.8 Å². The van der Waals surface area contributed by atoms with Gasteiger partial charge in [0.15, 0.2) is 0 Å². The molecule has 2 amide bonds. The molecule has 9 heteroatoms. The summed E-state index contributed by atoms with van der Waals surface area (Å²) < 4.78 is 0. The van der Waals surface area contributed by atoms with Crippen LogP contribution in [-0.2, 0) is 9.59 Å². The van der Waals surface area contributed by atoms with E-state index in [4.69, 9.17) is 33.4 Å². The van der Waals surface area contributed by atoms with Crippen molar-refractivity contribution in [1.82, 2.24) is 5.32 Å². The third-order valence-electron chi connectivity index (χ3n) is 2.18. The van der Waals surface area contributed by atoms with Crippen LogP contribution in [0.15, 0.2) is 18.2 Å². The Morgan fingerprint density at radius 3 is 2.40 bits per heavy atom. The van der Waals surface area contributed by atoms with Crippen LogP contribution in [0.25, 0.3) is 0 Å². The summed E-state index contributed by atoms with van der Waals surface area (Å²) in [6.45, 7) is 0. The van der Waals surface area contributed by atoms with E-state index in [1.165, 1.54) is 18.2 Å². The summed E-state index contributed by atoms with van der Waals surface area (Å²) in [5.74, 6) is -2.81. The molecule has 1 aromatic rings. The van der Waals surface area contributed by atoms with Crippen LogP contribution in [-0.4, -0.2) is 34.2 Å². The molecule has 0 fully saturated rings. The highest BCUT2D eigenvalue weighted by molar-refractivity contribution is 6.43. The topological polar surface area (TPSA) is 116 Å². The number of nitrogens with one attached hydrogen (secondary N) is 2. The van der Waals surface area contributed by atoms with Gasteiger partial charge in [-0.1, -0.05) is 29.3 Å². The van der Waals surface area contributed by atoms with E-state index in [1.807, 2.05) is 5.32 Å². The first-order valence-corrected chi connectivity index (χ1v) is 6.03. The van der Waals surface area contributed by atoms with Crippen molar-refractivity contribution in [2.45, 2.75) is 12.5 Å². The van der Waals surface area contributed by atoms with Gasteiger partial charge in [-0.2, -0.15) is 0 Å². The van der Waals surface area contributed by atoms with Crippen molar-refractivity contribution < 1.29 is 24.6 Å². The van der Waals surface area contributed by atoms with E-state index < -0.39 is 30.4 Å². The molecule has 108 valence electrons. The molecule has 4 N–H and O–H groups in total. The highest BCUT2D eigenvalue weighted by Gasteiger charge is 2.23. The molecule has 0 radical (unpaired) electrons. The maximum absolute atomic E-state index is 11.6. The van der Waals surface area contributed by atoms with E-state index in [1.54, 1.807) is 0 Å². The number of aliphatic carboxylic acids is 2. The first-order valence-electron chi connectivity index (χ1n) is 5.27. The maximum Gasteiger partial charge on any atom is 0.326 e. The number of urea groups is 1. The van der Waals surface area contributed by atoms with Crippen molar-refractivity contribution in [3.8, 4) is 0 Å². The van der Waals surface area contributed by atoms with Gasteiger partial charge in [0.1, 0.15) is 6.04 Å². The summed E-state index contributed by atoms with van der Waals surface area (Å²) >= 11 is 11.6. The summed E-state index contributed by atoms with van der Waals surface area (Å²) in [7, 11) is 0. The molecule has 0 heterocycles. The average Bonchev–Trinajstić information content (AvgIpc) is 2.33. The molecule has 0 saturated carbocycles. The molecule has 0 saturated heterocycles. The molecular formula is C11H10Cl2N2O5. The standard InChI is InChI=1S/C11H10Cl2N2O5/c12-5-2-1-3-6(9(5)13)14-11(20)15-7(10(18)19)4-8(16)17/h1-3,7H,4H2,(H,16,17)(H,18,19)(H2,14,15,20). The van der Waals surface area contributed by atoms with Gasteiger partial charge >= 0.3 is 18.0 Å². The van der Waals surface area contributed by atoms with Gasteiger partial charge in [-0.3, -0.25) is 4.79 Å². The molecule has 1 aromatic carbocycles. The molecule has 7 nitrogen and oxygen atoms in total. The quantitative estimate of drug-likeness (QED) is 0.662. The van der Waals surface area contributed by atoms with Crippen LogP contribution in [0, 0.1) is 0 Å². The second-order valence-corrected chi connectivity index (χ2v) is 4.47. The van der Waals surface area contributed by atoms with Gasteiger partial charge in [0.25, 0.3) is 0 Å². The molecule has 1 unspecified atom stereocenters. The van der Waals surface area contributed by atoms with Crippen molar-refractivity contribution in [2.75, 3.05) is 5.32 Å². The lowest BCUT2D eigenvalue weighted by Crippen LogP contribution is -2.44. The smallest absolute Gasteiger partial charge is 0.326 e. The zero-order valence-electron chi connectivity index (χ0n) is 9.89. The van der Waals surface area contributed by atoms with Gasteiger partial charge in [0.05, 0.1) is 22.2 Å². The highest BCUT2D eigenvalue weighted by atomic mass is 35.5. The van der Waals surface area contributed by atoms with E-state index in [9.17, 15) is 14.4 Å². The third-order valence-corrected chi connectivity index (χ3v) is 3.00. The van der Waals surface area contributed by atoms with E-state index in [0.29, 0.717) is 0 Å². The Morgan fingerprint density at radius 1 is 1.20 bits per heavy atom. The van der Waals surface area contributed by atoms with E-state index in [-0.39, 0.29) is 15.7 Å². The molecule has 0 aliphatic carbocycles. The Hall–Kier alpha value is -1.99. The van der Waals surface area contributed by atoms with Crippen molar-refractivity contribution in [1.29, 1.82) is 0 Å². The first-order chi connectivity index (χ1) is 9.31. The van der Waals surface area contributed by atoms with E-state index in [0.717, 1.165) is 0 Å². The fraction of sp³-hybridized carbons (Fsp3) is 0.182. The molecule has 0 bridgehead atoms. The zero-order chi connectivity index (χ0) is 15.3. The average molecular weight is 321 g/mol. The van der Waals surface area contributed by atoms with Crippen molar-refractivity contribution >= 4 is 46.9 Å². The van der Waals surface area contributed by atoms with Crippen LogP contribution >= 0.6 is 23.2 Å². The summed E-state index contributed by atoms with van der Waals surface area (Å²) in [6, 6.07) is 2.06. The number of carbonyl (C=O) groups excluding carboxylic acids is 1. The molecule has 20 heavy (non-hydrogen) atoms. The molecule has 1 atom stereocenters. The minimum Gasteiger partial charge on any atom is -0.481 e. The van der Waals surface area contributed by atoms with E-state index in [2.05, 4.69) is 5.32 Å². The lowest BCUT2D eigenvalue weighted by Gasteiger charge is -2.14. The van der Waals surface area contributed by atoms with Crippen LogP contribution < -0.4 is 10.6 Å². The number of hydrogen-bond donors (Lipinski definition) is 4. The van der Waals surface area contributed by atoms with Gasteiger partial charge in [-0.15, -0.1) is 0 Å². The minimum absolute atomic E-state index is 0.0921. The van der Waals surface area contributed by atoms with Gasteiger partial charge in [-0.25, -0.2) is 9.59 Å². The monoisotopic (exact) mass is 320 g/mol. The molecule has 0 aliphatic rings. The normalized spacial score (nSPS) is 11.5. The van der Waals surface area contributed by atoms with Crippen LogP contribution in [0.3, 0.4) is 0 Å². The van der Waals surface area contributed by atoms with Crippen molar-refractivity contribution in [3.63, 3.8) is 0 Å². The Bertz CT molecular complexity index is 550. The third kappa shape index (κ3) is 4.60. The first kappa shape index (κ1) is 16.1. The summed E-state index contributed by atoms with van der Waals surface area (Å²) in [4.78, 5) is 32.9. The number of anilines is 1. The van der Waals surface area contributed by atoms with E-state index >= 15 is 0 Å². The number of rotatable bonds is 5. The number of carboxylic acid groups (broad SMARTS) is 2. The van der Waals surface area contributed by atoms with Crippen LogP contribution in [0.2, 0.25) is 10.0 Å². The summed E-state index contributed by atoms with van der Waals surface area (Å²) in [5.41, 5.74) is 0.177. The number of amides is 2. The SMILES string of the molecule is O=C(O)CC(NC(=O)Nc1cccc(Cl)c1Cl)C(=O)O. The molecule has 0 aromatic heterocycles. The fourth-order valence-corrected chi connectivity index (χ4v) is 1.64. The number of carbonyl (C=O) groups is 3. The number of benzene rings is 1. The summed E-state index contributed by atoms with van der Waals surface area (Å²) in [6.07, 6.45) is -0.744.